The van der Waals surface area contributed by atoms with Crippen molar-refractivity contribution in [3.63, 3.8) is 0 Å². The first-order chi connectivity index (χ1) is 10.6. The zero-order valence-electron chi connectivity index (χ0n) is 13.5. The van der Waals surface area contributed by atoms with Crippen LogP contribution in [0.1, 0.15) is 58.8 Å². The van der Waals surface area contributed by atoms with Crippen LogP contribution in [0, 0.1) is 0 Å². The molecule has 0 radical (unpaired) electrons. The van der Waals surface area contributed by atoms with Crippen LogP contribution in [-0.4, -0.2) is 45.7 Å². The van der Waals surface area contributed by atoms with Gasteiger partial charge in [-0.15, -0.1) is 11.8 Å². The summed E-state index contributed by atoms with van der Waals surface area (Å²) in [5, 5.41) is 2.57. The summed E-state index contributed by atoms with van der Waals surface area (Å²) in [5.74, 6) is -0.618. The summed E-state index contributed by atoms with van der Waals surface area (Å²) in [6, 6.07) is 0.203. The monoisotopic (exact) mass is 326 g/mol. The van der Waals surface area contributed by atoms with Crippen molar-refractivity contribution in [2.75, 3.05) is 6.54 Å². The highest BCUT2D eigenvalue weighted by atomic mass is 32.2. The van der Waals surface area contributed by atoms with E-state index < -0.39 is 0 Å². The molecule has 5 nitrogen and oxygen atoms in total. The van der Waals surface area contributed by atoms with Crippen molar-refractivity contribution < 1.29 is 14.4 Å². The molecular weight excluding hydrogens is 300 g/mol. The Morgan fingerprint density at radius 2 is 1.64 bits per heavy atom. The Balaban J connectivity index is 1.96. The van der Waals surface area contributed by atoms with Crippen LogP contribution in [0.3, 0.4) is 0 Å². The summed E-state index contributed by atoms with van der Waals surface area (Å²) in [6.45, 7) is 3.76. The quantitative estimate of drug-likeness (QED) is 0.786. The molecule has 0 bridgehead atoms. The first-order valence-corrected chi connectivity index (χ1v) is 9.31. The van der Waals surface area contributed by atoms with E-state index in [-0.39, 0.29) is 40.8 Å². The van der Waals surface area contributed by atoms with Gasteiger partial charge < -0.3 is 5.32 Å². The van der Waals surface area contributed by atoms with Crippen molar-refractivity contribution in [2.45, 2.75) is 75.3 Å². The summed E-state index contributed by atoms with van der Waals surface area (Å²) < 4.78 is 0. The number of hydrogen-bond acceptors (Lipinski definition) is 4. The standard InChI is InChI=1S/C16H26N2O3S/c1-3-12-15(20)18(16(21)13(4-2)22-12)10-14(19)17-11-8-6-5-7-9-11/h11-13H,3-10H2,1-2H3,(H,17,19). The number of rotatable bonds is 5. The first-order valence-electron chi connectivity index (χ1n) is 8.36. The third-order valence-corrected chi connectivity index (χ3v) is 6.15. The van der Waals surface area contributed by atoms with Crippen molar-refractivity contribution in [3.8, 4) is 0 Å². The topological polar surface area (TPSA) is 66.5 Å². The Morgan fingerprint density at radius 1 is 1.09 bits per heavy atom. The molecule has 124 valence electrons. The molecule has 1 saturated heterocycles. The van der Waals surface area contributed by atoms with E-state index in [2.05, 4.69) is 5.32 Å². The van der Waals surface area contributed by atoms with Crippen molar-refractivity contribution in [1.29, 1.82) is 0 Å². The lowest BCUT2D eigenvalue weighted by molar-refractivity contribution is -0.148. The van der Waals surface area contributed by atoms with Gasteiger partial charge >= 0.3 is 0 Å². The smallest absolute Gasteiger partial charge is 0.242 e. The van der Waals surface area contributed by atoms with E-state index in [0.29, 0.717) is 12.8 Å². The molecule has 1 aliphatic carbocycles. The lowest BCUT2D eigenvalue weighted by atomic mass is 9.95. The van der Waals surface area contributed by atoms with E-state index in [0.717, 1.165) is 25.7 Å². The molecule has 1 heterocycles. The normalized spacial score (nSPS) is 27.1. The van der Waals surface area contributed by atoms with Gasteiger partial charge in [0.25, 0.3) is 0 Å². The van der Waals surface area contributed by atoms with E-state index >= 15 is 0 Å². The van der Waals surface area contributed by atoms with Gasteiger partial charge in [0, 0.05) is 6.04 Å². The fraction of sp³-hybridized carbons (Fsp3) is 0.812. The van der Waals surface area contributed by atoms with Gasteiger partial charge in [-0.1, -0.05) is 33.1 Å². The van der Waals surface area contributed by atoms with Crippen LogP contribution < -0.4 is 5.32 Å². The van der Waals surface area contributed by atoms with Crippen LogP contribution in [0.2, 0.25) is 0 Å². The Kier molecular flexibility index (Phi) is 6.29. The molecule has 1 N–H and O–H groups in total. The molecule has 2 unspecified atom stereocenters. The van der Waals surface area contributed by atoms with Gasteiger partial charge in [-0.05, 0) is 25.7 Å². The minimum Gasteiger partial charge on any atom is -0.352 e. The minimum atomic E-state index is -0.207. The summed E-state index contributed by atoms with van der Waals surface area (Å²) in [4.78, 5) is 38.1. The maximum Gasteiger partial charge on any atom is 0.242 e. The fourth-order valence-corrected chi connectivity index (χ4v) is 4.40. The number of amides is 3. The van der Waals surface area contributed by atoms with Gasteiger partial charge in [0.05, 0.1) is 10.5 Å². The largest absolute Gasteiger partial charge is 0.352 e. The van der Waals surface area contributed by atoms with E-state index in [1.165, 1.54) is 23.1 Å². The molecule has 0 aromatic rings. The molecule has 0 aromatic carbocycles. The van der Waals surface area contributed by atoms with Gasteiger partial charge in [-0.3, -0.25) is 19.3 Å². The zero-order valence-corrected chi connectivity index (χ0v) is 14.3. The van der Waals surface area contributed by atoms with Crippen LogP contribution in [0.15, 0.2) is 0 Å². The molecular formula is C16H26N2O3S. The number of hydrogen-bond donors (Lipinski definition) is 1. The summed E-state index contributed by atoms with van der Waals surface area (Å²) in [5.41, 5.74) is 0. The van der Waals surface area contributed by atoms with Crippen molar-refractivity contribution >= 4 is 29.5 Å². The minimum absolute atomic E-state index is 0.123. The lowest BCUT2D eigenvalue weighted by Crippen LogP contribution is -2.55. The van der Waals surface area contributed by atoms with Crippen LogP contribution >= 0.6 is 11.8 Å². The number of carbonyl (C=O) groups is 3. The summed E-state index contributed by atoms with van der Waals surface area (Å²) in [6.07, 6.45) is 6.88. The molecule has 2 aliphatic rings. The van der Waals surface area contributed by atoms with Crippen molar-refractivity contribution in [3.05, 3.63) is 0 Å². The third kappa shape index (κ3) is 4.03. The maximum absolute atomic E-state index is 12.4. The van der Waals surface area contributed by atoms with Crippen LogP contribution in [-0.2, 0) is 14.4 Å². The molecule has 6 heteroatoms. The molecule has 2 rings (SSSR count). The highest BCUT2D eigenvalue weighted by molar-refractivity contribution is 8.02. The second-order valence-electron chi connectivity index (χ2n) is 6.09. The lowest BCUT2D eigenvalue weighted by Gasteiger charge is -2.34. The van der Waals surface area contributed by atoms with Gasteiger partial charge in [-0.25, -0.2) is 0 Å². The van der Waals surface area contributed by atoms with Gasteiger partial charge in [0.15, 0.2) is 0 Å². The number of carbonyl (C=O) groups excluding carboxylic acids is 3. The SMILES string of the molecule is CCC1SC(CC)C(=O)N(CC(=O)NC2CCCCC2)C1=O. The molecule has 0 aromatic heterocycles. The Morgan fingerprint density at radius 3 is 2.14 bits per heavy atom. The van der Waals surface area contributed by atoms with E-state index in [1.807, 2.05) is 13.8 Å². The summed E-state index contributed by atoms with van der Waals surface area (Å²) >= 11 is 1.44. The predicted molar refractivity (Wildman–Crippen MR) is 87.5 cm³/mol. The molecule has 1 saturated carbocycles. The number of nitrogens with zero attached hydrogens (tertiary/aromatic N) is 1. The van der Waals surface area contributed by atoms with E-state index in [4.69, 9.17) is 0 Å². The van der Waals surface area contributed by atoms with Crippen molar-refractivity contribution in [2.24, 2.45) is 0 Å². The third-order valence-electron chi connectivity index (χ3n) is 4.43. The molecule has 0 spiro atoms. The number of imide groups is 1. The second kappa shape index (κ2) is 7.99. The van der Waals surface area contributed by atoms with Gasteiger partial charge in [-0.2, -0.15) is 0 Å². The molecule has 2 atom stereocenters. The first kappa shape index (κ1) is 17.3. The Bertz CT molecular complexity index is 413. The molecule has 2 fully saturated rings. The van der Waals surface area contributed by atoms with Crippen LogP contribution in [0.5, 0.6) is 0 Å². The van der Waals surface area contributed by atoms with Crippen LogP contribution in [0.4, 0.5) is 0 Å². The number of thioether (sulfide) groups is 1. The molecule has 3 amide bonds. The van der Waals surface area contributed by atoms with Crippen molar-refractivity contribution in [1.82, 2.24) is 10.2 Å². The summed E-state index contributed by atoms with van der Waals surface area (Å²) in [7, 11) is 0. The fourth-order valence-electron chi connectivity index (χ4n) is 3.13. The highest BCUT2D eigenvalue weighted by Crippen LogP contribution is 2.31. The molecule has 1 aliphatic heterocycles. The average molecular weight is 326 g/mol. The number of nitrogens with one attached hydrogen (secondary N) is 1. The van der Waals surface area contributed by atoms with Gasteiger partial charge in [0.2, 0.25) is 17.7 Å². The van der Waals surface area contributed by atoms with E-state index in [9.17, 15) is 14.4 Å². The average Bonchev–Trinajstić information content (AvgIpc) is 2.53. The highest BCUT2D eigenvalue weighted by Gasteiger charge is 2.40. The van der Waals surface area contributed by atoms with Gasteiger partial charge in [0.1, 0.15) is 6.54 Å². The van der Waals surface area contributed by atoms with E-state index in [1.54, 1.807) is 0 Å². The second-order valence-corrected chi connectivity index (χ2v) is 7.51. The molecule has 22 heavy (non-hydrogen) atoms. The van der Waals surface area contributed by atoms with Crippen LogP contribution in [0.25, 0.3) is 0 Å². The Hall–Kier alpha value is -1.04. The zero-order chi connectivity index (χ0) is 16.1. The predicted octanol–water partition coefficient (Wildman–Crippen LogP) is 2.09. The Labute approximate surface area is 136 Å². The maximum atomic E-state index is 12.4.